The second-order valence-corrected chi connectivity index (χ2v) is 7.01. The van der Waals surface area contributed by atoms with E-state index in [0.29, 0.717) is 12.7 Å². The molecule has 1 aromatic rings. The van der Waals surface area contributed by atoms with Gasteiger partial charge in [0.05, 0.1) is 11.7 Å². The van der Waals surface area contributed by atoms with Gasteiger partial charge in [-0.3, -0.25) is 0 Å². The summed E-state index contributed by atoms with van der Waals surface area (Å²) in [5.41, 5.74) is 2.73. The molecule has 2 atom stereocenters. The summed E-state index contributed by atoms with van der Waals surface area (Å²) in [6.45, 7) is 9.16. The minimum atomic E-state index is 0.0956. The van der Waals surface area contributed by atoms with Crippen molar-refractivity contribution in [2.24, 2.45) is 0 Å². The summed E-state index contributed by atoms with van der Waals surface area (Å²) < 4.78 is 17.2. The number of allylic oxidation sites excluding steroid dienone is 1. The fraction of sp³-hybridized carbons (Fsp3) is 0.579. The Morgan fingerprint density at radius 2 is 2.18 bits per heavy atom. The van der Waals surface area contributed by atoms with E-state index in [0.717, 1.165) is 30.8 Å². The zero-order chi connectivity index (χ0) is 15.7. The number of fused-ring (bicyclic) bond motifs is 1. The van der Waals surface area contributed by atoms with Crippen LogP contribution in [0.1, 0.15) is 46.1 Å². The Morgan fingerprint density at radius 1 is 1.41 bits per heavy atom. The van der Waals surface area contributed by atoms with Gasteiger partial charge < -0.3 is 14.2 Å². The van der Waals surface area contributed by atoms with Crippen LogP contribution in [0.5, 0.6) is 11.5 Å². The molecular formula is C19H26O3. The summed E-state index contributed by atoms with van der Waals surface area (Å²) in [4.78, 5) is 0. The highest BCUT2D eigenvalue weighted by Crippen LogP contribution is 2.39. The van der Waals surface area contributed by atoms with Crippen molar-refractivity contribution in [3.63, 3.8) is 0 Å². The van der Waals surface area contributed by atoms with E-state index in [2.05, 4.69) is 39.8 Å². The van der Waals surface area contributed by atoms with E-state index >= 15 is 0 Å². The average Bonchev–Trinajstić information content (AvgIpc) is 2.89. The number of benzene rings is 1. The summed E-state index contributed by atoms with van der Waals surface area (Å²) in [7, 11) is 0. The summed E-state index contributed by atoms with van der Waals surface area (Å²) >= 11 is 0. The van der Waals surface area contributed by atoms with Crippen LogP contribution in [-0.2, 0) is 11.2 Å². The molecule has 0 N–H and O–H groups in total. The normalized spacial score (nSPS) is 25.5. The van der Waals surface area contributed by atoms with E-state index in [-0.39, 0.29) is 11.7 Å². The van der Waals surface area contributed by atoms with Gasteiger partial charge in [-0.25, -0.2) is 0 Å². The molecule has 0 radical (unpaired) electrons. The van der Waals surface area contributed by atoms with Crippen molar-refractivity contribution < 1.29 is 14.2 Å². The highest BCUT2D eigenvalue weighted by Gasteiger charge is 2.46. The van der Waals surface area contributed by atoms with Crippen LogP contribution in [0.25, 0.3) is 0 Å². The third kappa shape index (κ3) is 3.64. The highest BCUT2D eigenvalue weighted by atomic mass is 16.6. The lowest BCUT2D eigenvalue weighted by Gasteiger charge is -2.07. The first kappa shape index (κ1) is 15.4. The molecule has 2 aliphatic heterocycles. The van der Waals surface area contributed by atoms with Gasteiger partial charge in [0.25, 0.3) is 0 Å². The summed E-state index contributed by atoms with van der Waals surface area (Å²) in [5.74, 6) is 1.85. The lowest BCUT2D eigenvalue weighted by atomic mass is 10.0. The van der Waals surface area contributed by atoms with Crippen LogP contribution in [0.3, 0.4) is 0 Å². The molecule has 22 heavy (non-hydrogen) atoms. The maximum absolute atomic E-state index is 5.81. The van der Waals surface area contributed by atoms with E-state index in [9.17, 15) is 0 Å². The molecule has 3 nitrogen and oxygen atoms in total. The van der Waals surface area contributed by atoms with E-state index in [1.54, 1.807) is 0 Å². The van der Waals surface area contributed by atoms with Crippen molar-refractivity contribution in [3.05, 3.63) is 35.4 Å². The summed E-state index contributed by atoms with van der Waals surface area (Å²) in [6.07, 6.45) is 6.02. The predicted molar refractivity (Wildman–Crippen MR) is 87.7 cm³/mol. The van der Waals surface area contributed by atoms with Crippen molar-refractivity contribution >= 4 is 0 Å². The fourth-order valence-corrected chi connectivity index (χ4v) is 2.95. The van der Waals surface area contributed by atoms with Crippen molar-refractivity contribution in [2.45, 2.75) is 64.8 Å². The monoisotopic (exact) mass is 302 g/mol. The first-order chi connectivity index (χ1) is 10.4. The Bertz CT molecular complexity index is 574. The maximum Gasteiger partial charge on any atom is 0.126 e. The van der Waals surface area contributed by atoms with Gasteiger partial charge in [-0.05, 0) is 58.2 Å². The number of hydrogen-bond donors (Lipinski definition) is 0. The predicted octanol–water partition coefficient (Wildman–Crippen LogP) is 4.29. The van der Waals surface area contributed by atoms with Crippen LogP contribution in [0, 0.1) is 0 Å². The third-order valence-electron chi connectivity index (χ3n) is 4.52. The van der Waals surface area contributed by atoms with E-state index in [1.165, 1.54) is 11.1 Å². The first-order valence-electron chi connectivity index (χ1n) is 8.20. The molecule has 0 bridgehead atoms. The lowest BCUT2D eigenvalue weighted by molar-refractivity contribution is 0.253. The molecule has 1 aromatic carbocycles. The van der Waals surface area contributed by atoms with Crippen LogP contribution in [0.2, 0.25) is 0 Å². The minimum absolute atomic E-state index is 0.0956. The van der Waals surface area contributed by atoms with Crippen LogP contribution < -0.4 is 9.47 Å². The number of rotatable bonds is 6. The van der Waals surface area contributed by atoms with E-state index in [1.807, 2.05) is 12.1 Å². The van der Waals surface area contributed by atoms with Crippen LogP contribution >= 0.6 is 0 Å². The fourth-order valence-electron chi connectivity index (χ4n) is 2.95. The zero-order valence-corrected chi connectivity index (χ0v) is 14.0. The van der Waals surface area contributed by atoms with Crippen LogP contribution in [-0.4, -0.2) is 24.4 Å². The Balaban J connectivity index is 1.44. The van der Waals surface area contributed by atoms with Crippen LogP contribution in [0.15, 0.2) is 29.8 Å². The molecule has 1 saturated heterocycles. The molecule has 0 amide bonds. The Hall–Kier alpha value is -1.48. The van der Waals surface area contributed by atoms with Gasteiger partial charge >= 0.3 is 0 Å². The molecule has 0 aromatic heterocycles. The molecule has 120 valence electrons. The van der Waals surface area contributed by atoms with Gasteiger partial charge in [0, 0.05) is 12.5 Å². The molecule has 1 fully saturated rings. The lowest BCUT2D eigenvalue weighted by Crippen LogP contribution is -2.05. The van der Waals surface area contributed by atoms with Crippen molar-refractivity contribution in [2.75, 3.05) is 6.61 Å². The quantitative estimate of drug-likeness (QED) is 0.580. The molecule has 2 aliphatic rings. The second kappa shape index (κ2) is 5.96. The molecule has 2 unspecified atom stereocenters. The molecule has 2 heterocycles. The maximum atomic E-state index is 5.81. The Kier molecular flexibility index (Phi) is 4.18. The van der Waals surface area contributed by atoms with Gasteiger partial charge in [-0.1, -0.05) is 11.6 Å². The van der Waals surface area contributed by atoms with E-state index < -0.39 is 0 Å². The topological polar surface area (TPSA) is 31.0 Å². The summed E-state index contributed by atoms with van der Waals surface area (Å²) in [6, 6.07) is 6.14. The van der Waals surface area contributed by atoms with Crippen molar-refractivity contribution in [1.29, 1.82) is 0 Å². The van der Waals surface area contributed by atoms with Gasteiger partial charge in [0.1, 0.15) is 24.2 Å². The third-order valence-corrected chi connectivity index (χ3v) is 4.52. The average molecular weight is 302 g/mol. The highest BCUT2D eigenvalue weighted by molar-refractivity contribution is 5.43. The number of ether oxygens (including phenoxy) is 3. The van der Waals surface area contributed by atoms with Crippen LogP contribution in [0.4, 0.5) is 0 Å². The second-order valence-electron chi connectivity index (χ2n) is 7.01. The zero-order valence-electron chi connectivity index (χ0n) is 14.0. The first-order valence-corrected chi connectivity index (χ1v) is 8.20. The largest absolute Gasteiger partial charge is 0.490 e. The SMILES string of the molecule is CC(=CCOc1ccc2c(c1)OC(C)C2)CCC1OC1(C)C. The van der Waals surface area contributed by atoms with Gasteiger partial charge in [-0.2, -0.15) is 0 Å². The molecule has 3 heteroatoms. The van der Waals surface area contributed by atoms with Crippen molar-refractivity contribution in [1.82, 2.24) is 0 Å². The van der Waals surface area contributed by atoms with Gasteiger partial charge in [-0.15, -0.1) is 0 Å². The van der Waals surface area contributed by atoms with Gasteiger partial charge in [0.2, 0.25) is 0 Å². The van der Waals surface area contributed by atoms with E-state index in [4.69, 9.17) is 14.2 Å². The number of hydrogen-bond acceptors (Lipinski definition) is 3. The Morgan fingerprint density at radius 3 is 2.91 bits per heavy atom. The standard InChI is InChI=1S/C19H26O3/c1-13(5-8-18-19(3,4)22-18)9-10-20-16-7-6-15-11-14(2)21-17(15)12-16/h6-7,9,12,14,18H,5,8,10-11H2,1-4H3. The molecule has 0 spiro atoms. The number of epoxide rings is 1. The molecule has 3 rings (SSSR count). The molecule has 0 saturated carbocycles. The molecule has 0 aliphatic carbocycles. The Labute approximate surface area is 133 Å². The van der Waals surface area contributed by atoms with Crippen molar-refractivity contribution in [3.8, 4) is 11.5 Å². The smallest absolute Gasteiger partial charge is 0.126 e. The van der Waals surface area contributed by atoms with Gasteiger partial charge in [0.15, 0.2) is 0 Å². The molecular weight excluding hydrogens is 276 g/mol. The summed E-state index contributed by atoms with van der Waals surface area (Å²) in [5, 5.41) is 0. The minimum Gasteiger partial charge on any atom is -0.490 e.